The average molecular weight is 498 g/mol. The van der Waals surface area contributed by atoms with Crippen molar-refractivity contribution in [3.05, 3.63) is 0 Å². The van der Waals surface area contributed by atoms with Crippen molar-refractivity contribution in [1.82, 2.24) is 16.0 Å². The molecule has 0 aromatic heterocycles. The summed E-state index contributed by atoms with van der Waals surface area (Å²) in [6.07, 6.45) is 10.0. The number of carbonyl (C=O) groups is 1. The van der Waals surface area contributed by atoms with Gasteiger partial charge in [0, 0.05) is 40.9 Å². The van der Waals surface area contributed by atoms with Crippen molar-refractivity contribution in [1.29, 1.82) is 0 Å². The first kappa shape index (κ1) is 23.7. The maximum Gasteiger partial charge on any atom is 0.239 e. The topological polar surface area (TPSA) is 82.6 Å². The minimum atomic E-state index is -0.731. The summed E-state index contributed by atoms with van der Waals surface area (Å²) in [5, 5.41) is 9.90. The molecule has 2 rings (SSSR count). The van der Waals surface area contributed by atoms with Gasteiger partial charge in [0.15, 0.2) is 5.96 Å². The van der Waals surface area contributed by atoms with Gasteiger partial charge in [-0.3, -0.25) is 14.0 Å². The van der Waals surface area contributed by atoms with Crippen molar-refractivity contribution in [2.45, 2.75) is 82.0 Å². The van der Waals surface area contributed by atoms with Gasteiger partial charge in [0.25, 0.3) is 0 Å². The number of aliphatic imine (C=N–C) groups is 1. The normalized spacial score (nSPS) is 25.7. The first-order valence-corrected chi connectivity index (χ1v) is 11.1. The van der Waals surface area contributed by atoms with Gasteiger partial charge >= 0.3 is 0 Å². The number of guanidine groups is 1. The van der Waals surface area contributed by atoms with E-state index in [1.165, 1.54) is 19.3 Å². The van der Waals surface area contributed by atoms with Crippen LogP contribution in [-0.2, 0) is 15.6 Å². The largest absolute Gasteiger partial charge is 0.354 e. The van der Waals surface area contributed by atoms with Crippen LogP contribution in [0.3, 0.4) is 0 Å². The van der Waals surface area contributed by atoms with Crippen LogP contribution in [0.2, 0.25) is 0 Å². The van der Waals surface area contributed by atoms with Crippen LogP contribution >= 0.6 is 24.0 Å². The molecule has 3 unspecified atom stereocenters. The Hall–Kier alpha value is -0.380. The van der Waals surface area contributed by atoms with Crippen molar-refractivity contribution in [3.8, 4) is 0 Å². The molecule has 0 heterocycles. The number of hydrogen-bond donors (Lipinski definition) is 3. The van der Waals surface area contributed by atoms with Crippen LogP contribution in [0.1, 0.15) is 64.7 Å². The van der Waals surface area contributed by atoms with E-state index in [1.807, 2.05) is 6.92 Å². The van der Waals surface area contributed by atoms with Crippen molar-refractivity contribution in [3.63, 3.8) is 0 Å². The van der Waals surface area contributed by atoms with Crippen LogP contribution in [0.15, 0.2) is 4.99 Å². The van der Waals surface area contributed by atoms with Crippen molar-refractivity contribution in [2.75, 3.05) is 19.3 Å². The lowest BCUT2D eigenvalue weighted by Crippen LogP contribution is -2.50. The van der Waals surface area contributed by atoms with E-state index < -0.39 is 10.8 Å². The molecule has 3 atom stereocenters. The third kappa shape index (κ3) is 8.10. The predicted molar refractivity (Wildman–Crippen MR) is 120 cm³/mol. The summed E-state index contributed by atoms with van der Waals surface area (Å²) in [4.78, 5) is 16.3. The minimum Gasteiger partial charge on any atom is -0.354 e. The molecule has 6 nitrogen and oxygen atoms in total. The molecule has 26 heavy (non-hydrogen) atoms. The quantitative estimate of drug-likeness (QED) is 0.298. The van der Waals surface area contributed by atoms with Gasteiger partial charge in [-0.1, -0.05) is 32.6 Å². The monoisotopic (exact) mass is 498 g/mol. The molecule has 2 saturated carbocycles. The second kappa shape index (κ2) is 12.9. The first-order valence-electron chi connectivity index (χ1n) is 9.76. The van der Waals surface area contributed by atoms with Crippen LogP contribution < -0.4 is 16.0 Å². The van der Waals surface area contributed by atoms with Gasteiger partial charge in [0.1, 0.15) is 0 Å². The summed E-state index contributed by atoms with van der Waals surface area (Å²) < 4.78 is 12.1. The molecule has 0 aliphatic heterocycles. The molecule has 0 spiro atoms. The van der Waals surface area contributed by atoms with Crippen LogP contribution in [0.5, 0.6) is 0 Å². The minimum absolute atomic E-state index is 0. The molecule has 2 aliphatic carbocycles. The molecule has 1 amide bonds. The van der Waals surface area contributed by atoms with Crippen molar-refractivity contribution >= 4 is 46.6 Å². The maximum absolute atomic E-state index is 12.1. The highest BCUT2D eigenvalue weighted by Crippen LogP contribution is 2.23. The van der Waals surface area contributed by atoms with Gasteiger partial charge in [0.05, 0.1) is 6.54 Å². The highest BCUT2D eigenvalue weighted by atomic mass is 127. The summed E-state index contributed by atoms with van der Waals surface area (Å²) in [5.41, 5.74) is 0. The van der Waals surface area contributed by atoms with Gasteiger partial charge in [-0.15, -0.1) is 24.0 Å². The standard InChI is InChI=1S/C18H34N4O2S.HI/c1-3-25(24)16-11-7-10-15(12-16)22-18(19-2)20-13-17(23)21-14-8-5-4-6-9-14;/h14-16H,3-13H2,1-2H3,(H,21,23)(H2,19,20,22);1H. The molecule has 8 heteroatoms. The Labute approximate surface area is 177 Å². The zero-order valence-corrected chi connectivity index (χ0v) is 19.2. The van der Waals surface area contributed by atoms with Crippen LogP contribution in [-0.4, -0.2) is 52.8 Å². The van der Waals surface area contributed by atoms with E-state index >= 15 is 0 Å². The fourth-order valence-electron chi connectivity index (χ4n) is 3.83. The Morgan fingerprint density at radius 3 is 2.38 bits per heavy atom. The molecule has 0 bridgehead atoms. The molecule has 0 aromatic carbocycles. The molecule has 0 radical (unpaired) electrons. The lowest BCUT2D eigenvalue weighted by Gasteiger charge is -2.30. The second-order valence-electron chi connectivity index (χ2n) is 7.13. The van der Waals surface area contributed by atoms with Gasteiger partial charge in [-0.2, -0.15) is 0 Å². The molecular formula is C18H35IN4O2S. The Bertz CT molecular complexity index is 484. The van der Waals surface area contributed by atoms with Gasteiger partial charge in [-0.25, -0.2) is 0 Å². The second-order valence-corrected chi connectivity index (χ2v) is 9.13. The molecule has 0 saturated heterocycles. The third-order valence-electron chi connectivity index (χ3n) is 5.23. The number of carbonyl (C=O) groups excluding carboxylic acids is 1. The van der Waals surface area contributed by atoms with E-state index in [-0.39, 0.29) is 47.7 Å². The predicted octanol–water partition coefficient (Wildman–Crippen LogP) is 2.30. The smallest absolute Gasteiger partial charge is 0.239 e. The molecule has 0 aromatic rings. The zero-order valence-electron chi connectivity index (χ0n) is 16.1. The fraction of sp³-hybridized carbons (Fsp3) is 0.889. The van der Waals surface area contributed by atoms with Crippen molar-refractivity contribution < 1.29 is 9.00 Å². The Kier molecular flexibility index (Phi) is 11.7. The summed E-state index contributed by atoms with van der Waals surface area (Å²) in [6.45, 7) is 2.23. The van der Waals surface area contributed by atoms with Gasteiger partial charge in [0.2, 0.25) is 5.91 Å². The molecule has 2 fully saturated rings. The van der Waals surface area contributed by atoms with E-state index in [4.69, 9.17) is 0 Å². The molecular weight excluding hydrogens is 463 g/mol. The Morgan fingerprint density at radius 1 is 1.04 bits per heavy atom. The highest BCUT2D eigenvalue weighted by Gasteiger charge is 2.26. The molecule has 2 aliphatic rings. The Morgan fingerprint density at radius 2 is 1.73 bits per heavy atom. The maximum atomic E-state index is 12.1. The number of hydrogen-bond acceptors (Lipinski definition) is 3. The number of halogens is 1. The van der Waals surface area contributed by atoms with Gasteiger partial charge < -0.3 is 16.0 Å². The molecule has 152 valence electrons. The van der Waals surface area contributed by atoms with Crippen LogP contribution in [0.25, 0.3) is 0 Å². The number of amides is 1. The summed E-state index contributed by atoms with van der Waals surface area (Å²) in [5.74, 6) is 1.42. The lowest BCUT2D eigenvalue weighted by molar-refractivity contribution is -0.120. The van der Waals surface area contributed by atoms with Crippen LogP contribution in [0, 0.1) is 0 Å². The number of rotatable bonds is 6. The highest BCUT2D eigenvalue weighted by molar-refractivity contribution is 14.0. The number of nitrogens with one attached hydrogen (secondary N) is 3. The summed E-state index contributed by atoms with van der Waals surface area (Å²) >= 11 is 0. The van der Waals surface area contributed by atoms with Gasteiger partial charge in [-0.05, 0) is 32.1 Å². The van der Waals surface area contributed by atoms with Crippen molar-refractivity contribution in [2.24, 2.45) is 4.99 Å². The molecule has 3 N–H and O–H groups in total. The van der Waals surface area contributed by atoms with E-state index in [1.54, 1.807) is 7.05 Å². The van der Waals surface area contributed by atoms with E-state index in [2.05, 4.69) is 20.9 Å². The first-order chi connectivity index (χ1) is 12.1. The summed E-state index contributed by atoms with van der Waals surface area (Å²) in [7, 11) is 0.990. The summed E-state index contributed by atoms with van der Waals surface area (Å²) in [6, 6.07) is 0.614. The third-order valence-corrected chi connectivity index (χ3v) is 6.97. The Balaban J connectivity index is 0.00000338. The average Bonchev–Trinajstić information content (AvgIpc) is 2.65. The fourth-order valence-corrected chi connectivity index (χ4v) is 5.18. The van der Waals surface area contributed by atoms with E-state index in [0.29, 0.717) is 12.0 Å². The van der Waals surface area contributed by atoms with E-state index in [0.717, 1.165) is 44.3 Å². The zero-order chi connectivity index (χ0) is 18.1. The number of nitrogens with zero attached hydrogens (tertiary/aromatic N) is 1. The lowest BCUT2D eigenvalue weighted by atomic mass is 9.95. The van der Waals surface area contributed by atoms with E-state index in [9.17, 15) is 9.00 Å². The SMILES string of the molecule is CCS(=O)C1CCCC(NC(=NC)NCC(=O)NC2CCCCC2)C1.I. The van der Waals surface area contributed by atoms with Crippen LogP contribution in [0.4, 0.5) is 0 Å².